The van der Waals surface area contributed by atoms with Crippen molar-refractivity contribution in [2.75, 3.05) is 10.8 Å². The third kappa shape index (κ3) is 2.53. The van der Waals surface area contributed by atoms with Crippen LogP contribution in [-0.2, 0) is 22.2 Å². The summed E-state index contributed by atoms with van der Waals surface area (Å²) in [7, 11) is -3.37. The average molecular weight is 308 g/mol. The van der Waals surface area contributed by atoms with Gasteiger partial charge in [-0.1, -0.05) is 41.9 Å². The predicted octanol–water partition coefficient (Wildman–Crippen LogP) is 3.23. The second-order valence-electron chi connectivity index (χ2n) is 4.84. The van der Waals surface area contributed by atoms with Crippen LogP contribution in [0.4, 0.5) is 5.69 Å². The van der Waals surface area contributed by atoms with Crippen molar-refractivity contribution in [3.8, 4) is 0 Å². The van der Waals surface area contributed by atoms with E-state index in [1.165, 1.54) is 4.31 Å². The molecule has 1 aliphatic rings. The fourth-order valence-electron chi connectivity index (χ4n) is 2.51. The highest BCUT2D eigenvalue weighted by Crippen LogP contribution is 2.31. The summed E-state index contributed by atoms with van der Waals surface area (Å²) < 4.78 is 26.6. The smallest absolute Gasteiger partial charge is 0.239 e. The molecule has 2 aromatic carbocycles. The molecule has 0 radical (unpaired) electrons. The van der Waals surface area contributed by atoms with Crippen LogP contribution in [0.3, 0.4) is 0 Å². The third-order valence-corrected chi connectivity index (χ3v) is 5.40. The van der Waals surface area contributed by atoms with Crippen molar-refractivity contribution < 1.29 is 8.42 Å². The number of anilines is 1. The number of para-hydroxylation sites is 1. The van der Waals surface area contributed by atoms with E-state index in [9.17, 15) is 8.42 Å². The SMILES string of the molecule is O=S(=O)(Cc1cccc(Cl)c1)N1CCc2ccccc21. The number of rotatable bonds is 3. The fraction of sp³-hybridized carbons (Fsp3) is 0.200. The van der Waals surface area contributed by atoms with Gasteiger partial charge in [0.2, 0.25) is 10.0 Å². The number of hydrogen-bond acceptors (Lipinski definition) is 2. The molecule has 2 aromatic rings. The monoisotopic (exact) mass is 307 g/mol. The van der Waals surface area contributed by atoms with Gasteiger partial charge in [0.1, 0.15) is 0 Å². The van der Waals surface area contributed by atoms with Gasteiger partial charge < -0.3 is 0 Å². The fourth-order valence-corrected chi connectivity index (χ4v) is 4.33. The van der Waals surface area contributed by atoms with Crippen LogP contribution in [0.15, 0.2) is 48.5 Å². The van der Waals surface area contributed by atoms with E-state index in [1.54, 1.807) is 24.3 Å². The van der Waals surface area contributed by atoms with E-state index >= 15 is 0 Å². The summed E-state index contributed by atoms with van der Waals surface area (Å²) >= 11 is 5.91. The van der Waals surface area contributed by atoms with Crippen LogP contribution in [0.2, 0.25) is 5.02 Å². The van der Waals surface area contributed by atoms with E-state index in [0.717, 1.165) is 17.7 Å². The lowest BCUT2D eigenvalue weighted by Crippen LogP contribution is -2.30. The Morgan fingerprint density at radius 3 is 2.70 bits per heavy atom. The van der Waals surface area contributed by atoms with Crippen LogP contribution in [0.5, 0.6) is 0 Å². The van der Waals surface area contributed by atoms with Crippen LogP contribution in [0.1, 0.15) is 11.1 Å². The Labute approximate surface area is 123 Å². The molecule has 0 saturated carbocycles. The molecule has 0 N–H and O–H groups in total. The summed E-state index contributed by atoms with van der Waals surface area (Å²) in [4.78, 5) is 0. The Kier molecular flexibility index (Phi) is 3.44. The molecule has 0 atom stereocenters. The van der Waals surface area contributed by atoms with Crippen LogP contribution >= 0.6 is 11.6 Å². The van der Waals surface area contributed by atoms with Gasteiger partial charge in [-0.3, -0.25) is 4.31 Å². The minimum Gasteiger partial charge on any atom is -0.269 e. The van der Waals surface area contributed by atoms with Gasteiger partial charge in [-0.2, -0.15) is 0 Å². The number of benzene rings is 2. The predicted molar refractivity (Wildman–Crippen MR) is 81.6 cm³/mol. The molecule has 104 valence electrons. The molecule has 0 fully saturated rings. The van der Waals surface area contributed by atoms with E-state index in [1.807, 2.05) is 24.3 Å². The second-order valence-corrected chi connectivity index (χ2v) is 7.17. The Bertz CT molecular complexity index is 743. The van der Waals surface area contributed by atoms with E-state index < -0.39 is 10.0 Å². The van der Waals surface area contributed by atoms with Gasteiger partial charge >= 0.3 is 0 Å². The van der Waals surface area contributed by atoms with Gasteiger partial charge in [0.05, 0.1) is 11.4 Å². The molecule has 20 heavy (non-hydrogen) atoms. The molecule has 0 amide bonds. The lowest BCUT2D eigenvalue weighted by atomic mass is 10.2. The maximum atomic E-state index is 12.6. The summed E-state index contributed by atoms with van der Waals surface area (Å²) in [5.41, 5.74) is 2.60. The number of fused-ring (bicyclic) bond motifs is 1. The minimum atomic E-state index is -3.37. The average Bonchev–Trinajstić information content (AvgIpc) is 2.82. The van der Waals surface area contributed by atoms with Crippen molar-refractivity contribution >= 4 is 27.3 Å². The van der Waals surface area contributed by atoms with Crippen LogP contribution in [0, 0.1) is 0 Å². The first kappa shape index (κ1) is 13.5. The molecule has 3 nitrogen and oxygen atoms in total. The zero-order chi connectivity index (χ0) is 14.2. The van der Waals surface area contributed by atoms with Gasteiger partial charge in [-0.05, 0) is 35.7 Å². The molecule has 3 rings (SSSR count). The van der Waals surface area contributed by atoms with E-state index in [2.05, 4.69) is 0 Å². The first-order valence-corrected chi connectivity index (χ1v) is 8.38. The van der Waals surface area contributed by atoms with E-state index in [0.29, 0.717) is 17.1 Å². The highest BCUT2D eigenvalue weighted by Gasteiger charge is 2.29. The molecule has 5 heteroatoms. The van der Waals surface area contributed by atoms with Gasteiger partial charge in [-0.15, -0.1) is 0 Å². The van der Waals surface area contributed by atoms with Crippen molar-refractivity contribution in [2.24, 2.45) is 0 Å². The molecule has 0 unspecified atom stereocenters. The van der Waals surface area contributed by atoms with Crippen LogP contribution in [0.25, 0.3) is 0 Å². The van der Waals surface area contributed by atoms with Crippen molar-refractivity contribution in [3.05, 3.63) is 64.7 Å². The Morgan fingerprint density at radius 1 is 1.10 bits per heavy atom. The van der Waals surface area contributed by atoms with Gasteiger partial charge in [0, 0.05) is 11.6 Å². The summed E-state index contributed by atoms with van der Waals surface area (Å²) in [5.74, 6) is -0.0259. The molecule has 0 saturated heterocycles. The molecule has 1 aliphatic heterocycles. The van der Waals surface area contributed by atoms with E-state index in [4.69, 9.17) is 11.6 Å². The van der Waals surface area contributed by atoms with Crippen molar-refractivity contribution in [3.63, 3.8) is 0 Å². The first-order valence-electron chi connectivity index (χ1n) is 6.39. The summed E-state index contributed by atoms with van der Waals surface area (Å²) in [5, 5.41) is 0.555. The quantitative estimate of drug-likeness (QED) is 0.873. The summed E-state index contributed by atoms with van der Waals surface area (Å²) in [6, 6.07) is 14.6. The van der Waals surface area contributed by atoms with Gasteiger partial charge in [-0.25, -0.2) is 8.42 Å². The number of hydrogen-bond donors (Lipinski definition) is 0. The Balaban J connectivity index is 1.90. The number of nitrogens with zero attached hydrogens (tertiary/aromatic N) is 1. The van der Waals surface area contributed by atoms with Crippen LogP contribution in [-0.4, -0.2) is 15.0 Å². The lowest BCUT2D eigenvalue weighted by molar-refractivity contribution is 0.591. The lowest BCUT2D eigenvalue weighted by Gasteiger charge is -2.19. The topological polar surface area (TPSA) is 37.4 Å². The Hall–Kier alpha value is -1.52. The van der Waals surface area contributed by atoms with Crippen LogP contribution < -0.4 is 4.31 Å². The summed E-state index contributed by atoms with van der Waals surface area (Å²) in [6.45, 7) is 0.516. The third-order valence-electron chi connectivity index (χ3n) is 3.42. The molecular weight excluding hydrogens is 294 g/mol. The molecule has 0 aliphatic carbocycles. The van der Waals surface area contributed by atoms with Gasteiger partial charge in [0.25, 0.3) is 0 Å². The largest absolute Gasteiger partial charge is 0.269 e. The number of sulfonamides is 1. The maximum Gasteiger partial charge on any atom is 0.239 e. The second kappa shape index (κ2) is 5.11. The highest BCUT2D eigenvalue weighted by molar-refractivity contribution is 7.92. The number of halogens is 1. The molecule has 0 aromatic heterocycles. The zero-order valence-corrected chi connectivity index (χ0v) is 12.4. The maximum absolute atomic E-state index is 12.6. The molecule has 1 heterocycles. The standard InChI is InChI=1S/C15H14ClNO2S/c16-14-6-3-4-12(10-14)11-20(18,19)17-9-8-13-5-1-2-7-15(13)17/h1-7,10H,8-9,11H2. The van der Waals surface area contributed by atoms with Crippen molar-refractivity contribution in [1.82, 2.24) is 0 Å². The minimum absolute atomic E-state index is 0.0259. The highest BCUT2D eigenvalue weighted by atomic mass is 35.5. The molecule has 0 spiro atoms. The normalized spacial score (nSPS) is 14.3. The van der Waals surface area contributed by atoms with Crippen molar-refractivity contribution in [1.29, 1.82) is 0 Å². The zero-order valence-electron chi connectivity index (χ0n) is 10.8. The van der Waals surface area contributed by atoms with Crippen molar-refractivity contribution in [2.45, 2.75) is 12.2 Å². The Morgan fingerprint density at radius 2 is 1.90 bits per heavy atom. The molecule has 0 bridgehead atoms. The van der Waals surface area contributed by atoms with Gasteiger partial charge in [0.15, 0.2) is 0 Å². The summed E-state index contributed by atoms with van der Waals surface area (Å²) in [6.07, 6.45) is 0.769. The molecular formula is C15H14ClNO2S. The first-order chi connectivity index (χ1) is 9.56. The van der Waals surface area contributed by atoms with E-state index in [-0.39, 0.29) is 5.75 Å².